The van der Waals surface area contributed by atoms with Crippen LogP contribution in [0.4, 0.5) is 0 Å². The molecule has 0 aliphatic rings. The number of aliphatic hydroxyl groups excluding tert-OH is 2. The number of aliphatic hydroxyl groups is 2. The second-order valence-corrected chi connectivity index (χ2v) is 2.46. The van der Waals surface area contributed by atoms with Gasteiger partial charge in [0.05, 0.1) is 0 Å². The Morgan fingerprint density at radius 3 is 1.08 bits per heavy atom. The van der Waals surface area contributed by atoms with E-state index in [1.807, 2.05) is 0 Å². The minimum absolute atomic E-state index is 0. The average Bonchev–Trinajstić information content (AvgIpc) is 1.60. The molecule has 0 radical (unpaired) electrons. The van der Waals surface area contributed by atoms with Crippen LogP contribution in [0.5, 0.6) is 0 Å². The van der Waals surface area contributed by atoms with Gasteiger partial charge in [0.25, 0.3) is 0 Å². The monoisotopic (exact) mass is 217 g/mol. The maximum absolute atomic E-state index is 8.06. The van der Waals surface area contributed by atoms with Crippen molar-refractivity contribution in [1.29, 1.82) is 5.26 Å². The SMILES string of the molecule is CC(C)O.CC(C)O.N#C[S-].[K+]. The van der Waals surface area contributed by atoms with Gasteiger partial charge in [-0.3, -0.25) is 0 Å². The maximum Gasteiger partial charge on any atom is 1.00 e. The quantitative estimate of drug-likeness (QED) is 0.274. The second-order valence-electron chi connectivity index (χ2n) is 2.28. The number of rotatable bonds is 0. The number of hydrogen-bond acceptors (Lipinski definition) is 4. The van der Waals surface area contributed by atoms with E-state index in [-0.39, 0.29) is 63.6 Å². The number of nitrogens with zero attached hydrogens (tertiary/aromatic N) is 1. The predicted octanol–water partition coefficient (Wildman–Crippen LogP) is -2.21. The molecule has 68 valence electrons. The fourth-order valence-corrected chi connectivity index (χ4v) is 0. The third-order valence-corrected chi connectivity index (χ3v) is 0. The Kier molecular flexibility index (Phi) is 44.1. The fraction of sp³-hybridized carbons (Fsp3) is 0.857. The molecule has 12 heavy (non-hydrogen) atoms. The van der Waals surface area contributed by atoms with Crippen LogP contribution in [0.3, 0.4) is 0 Å². The van der Waals surface area contributed by atoms with Crippen molar-refractivity contribution in [3.8, 4) is 5.40 Å². The Hall–Kier alpha value is 1.27. The molecule has 0 atom stereocenters. The van der Waals surface area contributed by atoms with Crippen molar-refractivity contribution < 1.29 is 61.6 Å². The first-order chi connectivity index (χ1) is 4.88. The van der Waals surface area contributed by atoms with Crippen LogP contribution < -0.4 is 51.4 Å². The molecular weight excluding hydrogens is 201 g/mol. The first-order valence-corrected chi connectivity index (χ1v) is 3.66. The van der Waals surface area contributed by atoms with Gasteiger partial charge in [0.15, 0.2) is 0 Å². The Bertz CT molecular complexity index is 82.4. The minimum atomic E-state index is -0.167. The van der Waals surface area contributed by atoms with Crippen LogP contribution in [0.25, 0.3) is 0 Å². The van der Waals surface area contributed by atoms with E-state index in [0.29, 0.717) is 0 Å². The molecule has 0 heterocycles. The van der Waals surface area contributed by atoms with Gasteiger partial charge in [-0.15, -0.1) is 0 Å². The van der Waals surface area contributed by atoms with Crippen molar-refractivity contribution in [2.75, 3.05) is 0 Å². The zero-order valence-electron chi connectivity index (χ0n) is 8.40. The van der Waals surface area contributed by atoms with Crippen molar-refractivity contribution in [1.82, 2.24) is 0 Å². The van der Waals surface area contributed by atoms with Crippen LogP contribution in [0.1, 0.15) is 27.7 Å². The molecule has 3 nitrogen and oxygen atoms in total. The van der Waals surface area contributed by atoms with Gasteiger partial charge in [-0.2, -0.15) is 0 Å². The van der Waals surface area contributed by atoms with Gasteiger partial charge in [-0.05, 0) is 27.7 Å². The predicted molar refractivity (Wildman–Crippen MR) is 47.7 cm³/mol. The van der Waals surface area contributed by atoms with E-state index in [0.717, 1.165) is 0 Å². The molecule has 5 heteroatoms. The van der Waals surface area contributed by atoms with E-state index in [4.69, 9.17) is 15.5 Å². The summed E-state index contributed by atoms with van der Waals surface area (Å²) >= 11 is 3.70. The largest absolute Gasteiger partial charge is 1.00 e. The van der Waals surface area contributed by atoms with Gasteiger partial charge < -0.3 is 22.8 Å². The molecule has 0 aromatic carbocycles. The van der Waals surface area contributed by atoms with Crippen LogP contribution in [0.2, 0.25) is 0 Å². The van der Waals surface area contributed by atoms with E-state index in [2.05, 4.69) is 12.6 Å². The van der Waals surface area contributed by atoms with Crippen LogP contribution >= 0.6 is 0 Å². The zero-order chi connectivity index (χ0) is 9.86. The molecule has 0 aliphatic heterocycles. The molecule has 0 unspecified atom stereocenters. The molecule has 0 spiro atoms. The molecule has 0 rings (SSSR count). The van der Waals surface area contributed by atoms with E-state index < -0.39 is 0 Å². The molecule has 0 amide bonds. The average molecular weight is 217 g/mol. The summed E-state index contributed by atoms with van der Waals surface area (Å²) < 4.78 is 0. The summed E-state index contributed by atoms with van der Waals surface area (Å²) in [6.07, 6.45) is -0.333. The van der Waals surface area contributed by atoms with E-state index in [1.165, 1.54) is 5.40 Å². The van der Waals surface area contributed by atoms with Gasteiger partial charge in [-0.1, -0.05) is 5.40 Å². The van der Waals surface area contributed by atoms with Crippen molar-refractivity contribution >= 4 is 12.6 Å². The molecular formula is C7H16KNO2S. The molecule has 0 aliphatic carbocycles. The van der Waals surface area contributed by atoms with E-state index in [9.17, 15) is 0 Å². The third kappa shape index (κ3) is 740. The Morgan fingerprint density at radius 2 is 1.08 bits per heavy atom. The van der Waals surface area contributed by atoms with Crippen LogP contribution in [0, 0.1) is 10.7 Å². The van der Waals surface area contributed by atoms with Crippen molar-refractivity contribution in [3.63, 3.8) is 0 Å². The van der Waals surface area contributed by atoms with Crippen LogP contribution in [0.15, 0.2) is 0 Å². The summed E-state index contributed by atoms with van der Waals surface area (Å²) in [5, 5.41) is 24.6. The Morgan fingerprint density at radius 1 is 1.08 bits per heavy atom. The smallest absolute Gasteiger partial charge is 0.696 e. The van der Waals surface area contributed by atoms with Crippen molar-refractivity contribution in [2.45, 2.75) is 39.9 Å². The number of hydrogen-bond donors (Lipinski definition) is 2. The van der Waals surface area contributed by atoms with Gasteiger partial charge in [-0.25, -0.2) is 5.26 Å². The Labute approximate surface area is 123 Å². The summed E-state index contributed by atoms with van der Waals surface area (Å²) in [6.45, 7) is 6.89. The summed E-state index contributed by atoms with van der Waals surface area (Å²) in [7, 11) is 0. The third-order valence-electron chi connectivity index (χ3n) is 0. The molecule has 0 saturated carbocycles. The van der Waals surface area contributed by atoms with Crippen LogP contribution in [-0.2, 0) is 12.6 Å². The summed E-state index contributed by atoms with van der Waals surface area (Å²) in [5.41, 5.74) is 0. The molecule has 0 bridgehead atoms. The standard InChI is InChI=1S/2C3H8O.CHNS.K/c2*1-3(2)4;2-1-3;/h2*3-4H,1-2H3;3H;/q;;;+1/p-1. The van der Waals surface area contributed by atoms with Gasteiger partial charge >= 0.3 is 51.4 Å². The fourth-order valence-electron chi connectivity index (χ4n) is 0. The second kappa shape index (κ2) is 22.8. The summed E-state index contributed by atoms with van der Waals surface area (Å²) in [6, 6.07) is 0. The van der Waals surface area contributed by atoms with Gasteiger partial charge in [0.1, 0.15) is 0 Å². The normalized spacial score (nSPS) is 6.58. The summed E-state index contributed by atoms with van der Waals surface area (Å²) in [5.74, 6) is 0. The van der Waals surface area contributed by atoms with Crippen molar-refractivity contribution in [3.05, 3.63) is 0 Å². The van der Waals surface area contributed by atoms with Crippen LogP contribution in [-0.4, -0.2) is 22.4 Å². The molecule has 0 fully saturated rings. The first-order valence-electron chi connectivity index (χ1n) is 3.25. The molecule has 0 saturated heterocycles. The van der Waals surface area contributed by atoms with Gasteiger partial charge in [0.2, 0.25) is 0 Å². The molecule has 0 aromatic rings. The minimum Gasteiger partial charge on any atom is -0.696 e. The summed E-state index contributed by atoms with van der Waals surface area (Å²) in [4.78, 5) is 0. The number of thiocyanates is 1. The maximum atomic E-state index is 8.06. The molecule has 0 aromatic heterocycles. The van der Waals surface area contributed by atoms with E-state index in [1.54, 1.807) is 27.7 Å². The first kappa shape index (κ1) is 23.2. The van der Waals surface area contributed by atoms with E-state index >= 15 is 0 Å². The Balaban J connectivity index is -0.0000000389. The number of nitriles is 1. The van der Waals surface area contributed by atoms with Gasteiger partial charge in [0, 0.05) is 12.2 Å². The topological polar surface area (TPSA) is 64.2 Å². The zero-order valence-corrected chi connectivity index (χ0v) is 12.3. The molecule has 2 N–H and O–H groups in total. The van der Waals surface area contributed by atoms with Crippen molar-refractivity contribution in [2.24, 2.45) is 0 Å².